The van der Waals surface area contributed by atoms with Gasteiger partial charge in [-0.2, -0.15) is 0 Å². The zero-order valence-corrected chi connectivity index (χ0v) is 20.7. The molecule has 186 valence electrons. The first-order chi connectivity index (χ1) is 17.3. The Morgan fingerprint density at radius 1 is 1.06 bits per heavy atom. The summed E-state index contributed by atoms with van der Waals surface area (Å²) in [6, 6.07) is 12.8. The first kappa shape index (κ1) is 24.5. The van der Waals surface area contributed by atoms with Crippen LogP contribution in [0.2, 0.25) is 10.0 Å². The Balaban J connectivity index is 1.83. The van der Waals surface area contributed by atoms with E-state index in [1.165, 1.54) is 6.07 Å². The lowest BCUT2D eigenvalue weighted by Crippen LogP contribution is -2.57. The Hall–Kier alpha value is -3.16. The number of nitrogens with one attached hydrogen (secondary N) is 2. The molecule has 1 unspecified atom stereocenters. The average Bonchev–Trinajstić information content (AvgIpc) is 3.12. The van der Waals surface area contributed by atoms with Crippen LogP contribution >= 0.6 is 23.2 Å². The molecule has 9 heteroatoms. The Labute approximate surface area is 216 Å². The third kappa shape index (κ3) is 3.82. The van der Waals surface area contributed by atoms with Crippen LogP contribution in [0.4, 0.5) is 14.5 Å². The quantitative estimate of drug-likeness (QED) is 0.407. The number of anilines is 1. The van der Waals surface area contributed by atoms with Gasteiger partial charge in [0.15, 0.2) is 11.6 Å². The monoisotopic (exact) mass is 530 g/mol. The van der Waals surface area contributed by atoms with Gasteiger partial charge in [-0.3, -0.25) is 9.59 Å². The minimum Gasteiger partial charge on any atom is -0.493 e. The molecule has 3 atom stereocenters. The number of halogens is 4. The summed E-state index contributed by atoms with van der Waals surface area (Å²) in [6.45, 7) is 2.12. The lowest BCUT2D eigenvalue weighted by Gasteiger charge is -2.46. The van der Waals surface area contributed by atoms with E-state index in [1.807, 2.05) is 6.92 Å². The lowest BCUT2D eigenvalue weighted by molar-refractivity contribution is -0.131. The van der Waals surface area contributed by atoms with E-state index in [-0.39, 0.29) is 24.3 Å². The zero-order valence-electron chi connectivity index (χ0n) is 19.2. The molecule has 2 N–H and O–H groups in total. The lowest BCUT2D eigenvalue weighted by atomic mass is 9.59. The van der Waals surface area contributed by atoms with Gasteiger partial charge in [0.2, 0.25) is 11.8 Å². The van der Waals surface area contributed by atoms with E-state index in [0.717, 1.165) is 6.07 Å². The molecule has 2 aliphatic rings. The molecule has 36 heavy (non-hydrogen) atoms. The zero-order chi connectivity index (χ0) is 25.6. The highest BCUT2D eigenvalue weighted by atomic mass is 35.5. The number of benzene rings is 3. The first-order valence-electron chi connectivity index (χ1n) is 11.5. The van der Waals surface area contributed by atoms with E-state index in [9.17, 15) is 14.0 Å². The molecule has 1 saturated heterocycles. The number of piperidine rings is 1. The molecule has 2 amide bonds. The van der Waals surface area contributed by atoms with Crippen molar-refractivity contribution in [1.82, 2.24) is 5.32 Å². The number of carbonyl (C=O) groups excluding carboxylic acids is 2. The van der Waals surface area contributed by atoms with Crippen LogP contribution in [0.5, 0.6) is 5.75 Å². The molecule has 2 aliphatic heterocycles. The fraction of sp³-hybridized carbons (Fsp3) is 0.259. The maximum absolute atomic E-state index is 15.6. The van der Waals surface area contributed by atoms with Gasteiger partial charge in [0.05, 0.1) is 18.2 Å². The summed E-state index contributed by atoms with van der Waals surface area (Å²) in [7, 11) is 0. The van der Waals surface area contributed by atoms with Crippen molar-refractivity contribution in [1.29, 1.82) is 0 Å². The largest absolute Gasteiger partial charge is 0.493 e. The van der Waals surface area contributed by atoms with E-state index in [1.54, 1.807) is 42.5 Å². The van der Waals surface area contributed by atoms with Gasteiger partial charge in [0.25, 0.3) is 0 Å². The topological polar surface area (TPSA) is 67.4 Å². The molecule has 0 aliphatic carbocycles. The molecule has 1 spiro atoms. The van der Waals surface area contributed by atoms with E-state index >= 15 is 4.39 Å². The molecule has 0 radical (unpaired) electrons. The van der Waals surface area contributed by atoms with Crippen molar-refractivity contribution in [2.24, 2.45) is 0 Å². The van der Waals surface area contributed by atoms with E-state index in [0.29, 0.717) is 33.3 Å². The predicted molar refractivity (Wildman–Crippen MR) is 134 cm³/mol. The van der Waals surface area contributed by atoms with Crippen molar-refractivity contribution in [3.8, 4) is 5.75 Å². The van der Waals surface area contributed by atoms with Gasteiger partial charge < -0.3 is 15.4 Å². The van der Waals surface area contributed by atoms with Crippen LogP contribution in [-0.4, -0.2) is 18.4 Å². The molecule has 5 rings (SSSR count). The highest BCUT2D eigenvalue weighted by molar-refractivity contribution is 6.31. The van der Waals surface area contributed by atoms with Crippen molar-refractivity contribution < 1.29 is 23.1 Å². The van der Waals surface area contributed by atoms with Crippen LogP contribution < -0.4 is 15.4 Å². The number of fused-ring (bicyclic) bond motifs is 2. The number of hydrogen-bond acceptors (Lipinski definition) is 3. The molecular weight excluding hydrogens is 509 g/mol. The maximum atomic E-state index is 15.6. The fourth-order valence-electron chi connectivity index (χ4n) is 5.40. The van der Waals surface area contributed by atoms with E-state index in [4.69, 9.17) is 27.9 Å². The van der Waals surface area contributed by atoms with Crippen molar-refractivity contribution in [3.05, 3.63) is 93.0 Å². The summed E-state index contributed by atoms with van der Waals surface area (Å²) in [4.78, 5) is 27.1. The second-order valence-corrected chi connectivity index (χ2v) is 9.82. The SMILES string of the molecule is CCCOc1ccc(F)c(F)c1[C@H]1NC(=O)CC(c2cccc(Cl)c2)[C@]12C(=O)Nc1cc(Cl)ccc12. The van der Waals surface area contributed by atoms with E-state index < -0.39 is 40.8 Å². The summed E-state index contributed by atoms with van der Waals surface area (Å²) in [6.07, 6.45) is 0.544. The van der Waals surface area contributed by atoms with Crippen LogP contribution in [0.1, 0.15) is 48.4 Å². The average molecular weight is 531 g/mol. The number of ether oxygens (including phenoxy) is 1. The standard InChI is InChI=1S/C27H22Cl2F2N2O3/c1-2-10-36-21-9-8-19(30)24(31)23(21)25-27(17-7-6-16(29)12-20(17)32-26(27)35)18(13-22(34)33-25)14-4-3-5-15(28)11-14/h3-9,11-12,18,25H,2,10,13H2,1H3,(H,32,35)(H,33,34)/t18?,25-,27+/m1/s1. The van der Waals surface area contributed by atoms with Crippen molar-refractivity contribution in [2.75, 3.05) is 11.9 Å². The highest BCUT2D eigenvalue weighted by Gasteiger charge is 2.62. The Morgan fingerprint density at radius 2 is 1.83 bits per heavy atom. The molecule has 2 heterocycles. The summed E-state index contributed by atoms with van der Waals surface area (Å²) in [5, 5.41) is 6.47. The molecule has 0 bridgehead atoms. The third-order valence-corrected chi connectivity index (χ3v) is 7.32. The minimum absolute atomic E-state index is 0.0578. The van der Waals surface area contributed by atoms with Crippen molar-refractivity contribution in [2.45, 2.75) is 37.1 Å². The summed E-state index contributed by atoms with van der Waals surface area (Å²) >= 11 is 12.5. The Morgan fingerprint density at radius 3 is 2.58 bits per heavy atom. The van der Waals surface area contributed by atoms with Crippen molar-refractivity contribution in [3.63, 3.8) is 0 Å². The van der Waals surface area contributed by atoms with Gasteiger partial charge in [-0.15, -0.1) is 0 Å². The van der Waals surface area contributed by atoms with Gasteiger partial charge >= 0.3 is 0 Å². The number of amides is 2. The van der Waals surface area contributed by atoms with Crippen LogP contribution in [-0.2, 0) is 15.0 Å². The molecule has 0 aromatic heterocycles. The summed E-state index contributed by atoms with van der Waals surface area (Å²) < 4.78 is 36.1. The molecule has 0 saturated carbocycles. The van der Waals surface area contributed by atoms with Gasteiger partial charge in [-0.05, 0) is 53.9 Å². The highest BCUT2D eigenvalue weighted by Crippen LogP contribution is 2.59. The molecule has 3 aromatic rings. The van der Waals surface area contributed by atoms with Crippen LogP contribution in [0, 0.1) is 11.6 Å². The van der Waals surface area contributed by atoms with Crippen LogP contribution in [0.15, 0.2) is 54.6 Å². The second kappa shape index (κ2) is 9.37. The molecule has 3 aromatic carbocycles. The Bertz CT molecular complexity index is 1380. The molecule has 1 fully saturated rings. The van der Waals surface area contributed by atoms with Gasteiger partial charge in [0, 0.05) is 28.1 Å². The normalized spacial score (nSPS) is 22.8. The number of hydrogen-bond donors (Lipinski definition) is 2. The summed E-state index contributed by atoms with van der Waals surface area (Å²) in [5.41, 5.74) is -0.197. The fourth-order valence-corrected chi connectivity index (χ4v) is 5.77. The third-order valence-electron chi connectivity index (χ3n) is 6.85. The number of carbonyl (C=O) groups is 2. The van der Waals surface area contributed by atoms with Crippen molar-refractivity contribution >= 4 is 40.7 Å². The minimum atomic E-state index is -1.54. The molecule has 5 nitrogen and oxygen atoms in total. The maximum Gasteiger partial charge on any atom is 0.238 e. The Kier molecular flexibility index (Phi) is 6.39. The smallest absolute Gasteiger partial charge is 0.238 e. The summed E-state index contributed by atoms with van der Waals surface area (Å²) in [5.74, 6) is -3.88. The van der Waals surface area contributed by atoms with Crippen LogP contribution in [0.3, 0.4) is 0 Å². The van der Waals surface area contributed by atoms with Gasteiger partial charge in [0.1, 0.15) is 11.2 Å². The predicted octanol–water partition coefficient (Wildman–Crippen LogP) is 6.30. The number of rotatable bonds is 5. The van der Waals surface area contributed by atoms with Crippen LogP contribution in [0.25, 0.3) is 0 Å². The second-order valence-electron chi connectivity index (χ2n) is 8.95. The van der Waals surface area contributed by atoms with E-state index in [2.05, 4.69) is 10.6 Å². The van der Waals surface area contributed by atoms with Gasteiger partial charge in [-0.25, -0.2) is 8.78 Å². The molecular formula is C27H22Cl2F2N2O3. The first-order valence-corrected chi connectivity index (χ1v) is 12.3. The van der Waals surface area contributed by atoms with Gasteiger partial charge in [-0.1, -0.05) is 48.3 Å².